The maximum atomic E-state index is 12.1. The summed E-state index contributed by atoms with van der Waals surface area (Å²) in [6.45, 7) is -0.637. The van der Waals surface area contributed by atoms with Crippen LogP contribution in [-0.2, 0) is 4.79 Å². The van der Waals surface area contributed by atoms with Crippen molar-refractivity contribution in [3.8, 4) is 0 Å². The van der Waals surface area contributed by atoms with Crippen LogP contribution >= 0.6 is 0 Å². The molecule has 0 fully saturated rings. The smallest absolute Gasteiger partial charge is 0.401 e. The van der Waals surface area contributed by atoms with E-state index in [2.05, 4.69) is 0 Å². The molecule has 0 aromatic heterocycles. The Bertz CT molecular complexity index is 208. The van der Waals surface area contributed by atoms with E-state index in [1.54, 1.807) is 0 Å². The zero-order valence-corrected chi connectivity index (χ0v) is 8.29. The lowest BCUT2D eigenvalue weighted by Gasteiger charge is -2.27. The van der Waals surface area contributed by atoms with Crippen molar-refractivity contribution in [2.24, 2.45) is 0 Å². The molecule has 0 spiro atoms. The molecule has 0 amide bonds. The molecule has 0 saturated heterocycles. The van der Waals surface area contributed by atoms with Crippen LogP contribution in [0.5, 0.6) is 0 Å². The fourth-order valence-electron chi connectivity index (χ4n) is 1.29. The molecular formula is C8H14F3NO3. The molecule has 0 aromatic rings. The minimum atomic E-state index is -4.46. The highest BCUT2D eigenvalue weighted by Crippen LogP contribution is 2.18. The first kappa shape index (κ1) is 14.2. The fraction of sp³-hybridized carbons (Fsp3) is 0.875. The van der Waals surface area contributed by atoms with Crippen LogP contribution in [0.2, 0.25) is 0 Å². The van der Waals surface area contributed by atoms with Crippen molar-refractivity contribution >= 4 is 5.97 Å². The van der Waals surface area contributed by atoms with Gasteiger partial charge in [0.25, 0.3) is 0 Å². The minimum absolute atomic E-state index is 0.0609. The van der Waals surface area contributed by atoms with Gasteiger partial charge in [0.15, 0.2) is 0 Å². The Kier molecular flexibility index (Phi) is 5.59. The Morgan fingerprint density at radius 1 is 1.47 bits per heavy atom. The highest BCUT2D eigenvalue weighted by Gasteiger charge is 2.35. The monoisotopic (exact) mass is 229 g/mol. The molecule has 0 aliphatic rings. The maximum Gasteiger partial charge on any atom is 0.401 e. The van der Waals surface area contributed by atoms with Gasteiger partial charge in [-0.05, 0) is 6.42 Å². The summed E-state index contributed by atoms with van der Waals surface area (Å²) in [4.78, 5) is 11.4. The predicted octanol–water partition coefficient (Wildman–Crippen LogP) is 0.706. The van der Waals surface area contributed by atoms with E-state index < -0.39 is 31.3 Å². The first-order valence-corrected chi connectivity index (χ1v) is 4.46. The summed E-state index contributed by atoms with van der Waals surface area (Å²) < 4.78 is 36.2. The maximum absolute atomic E-state index is 12.1. The van der Waals surface area contributed by atoms with Crippen LogP contribution in [0, 0.1) is 0 Å². The molecular weight excluding hydrogens is 215 g/mol. The summed E-state index contributed by atoms with van der Waals surface area (Å²) in [5.74, 6) is -1.31. The number of alkyl halides is 3. The molecule has 90 valence electrons. The van der Waals surface area contributed by atoms with Crippen molar-refractivity contribution in [2.75, 3.05) is 19.7 Å². The SMILES string of the molecule is CCC(C(=O)O)N(CCO)CC(F)(F)F. The molecule has 0 heterocycles. The zero-order valence-electron chi connectivity index (χ0n) is 8.29. The number of carbonyl (C=O) groups is 1. The summed E-state index contributed by atoms with van der Waals surface area (Å²) in [7, 11) is 0. The van der Waals surface area contributed by atoms with E-state index in [-0.39, 0.29) is 13.0 Å². The van der Waals surface area contributed by atoms with E-state index in [1.807, 2.05) is 0 Å². The number of aliphatic hydroxyl groups is 1. The molecule has 2 N–H and O–H groups in total. The highest BCUT2D eigenvalue weighted by atomic mass is 19.4. The topological polar surface area (TPSA) is 60.8 Å². The van der Waals surface area contributed by atoms with Crippen LogP contribution in [0.15, 0.2) is 0 Å². The van der Waals surface area contributed by atoms with Gasteiger partial charge < -0.3 is 10.2 Å². The fourth-order valence-corrected chi connectivity index (χ4v) is 1.29. The normalized spacial score (nSPS) is 14.3. The molecule has 1 unspecified atom stereocenters. The van der Waals surface area contributed by atoms with E-state index in [0.29, 0.717) is 4.90 Å². The molecule has 0 aliphatic carbocycles. The lowest BCUT2D eigenvalue weighted by molar-refractivity contribution is -0.162. The van der Waals surface area contributed by atoms with E-state index in [0.717, 1.165) is 0 Å². The molecule has 0 bridgehead atoms. The number of hydrogen-bond donors (Lipinski definition) is 2. The third-order valence-corrected chi connectivity index (χ3v) is 1.88. The quantitative estimate of drug-likeness (QED) is 0.704. The van der Waals surface area contributed by atoms with Gasteiger partial charge in [-0.15, -0.1) is 0 Å². The summed E-state index contributed by atoms with van der Waals surface area (Å²) in [6, 6.07) is -1.21. The van der Waals surface area contributed by atoms with Gasteiger partial charge in [0, 0.05) is 6.54 Å². The minimum Gasteiger partial charge on any atom is -0.480 e. The second-order valence-electron chi connectivity index (χ2n) is 3.07. The first-order chi connectivity index (χ1) is 6.81. The number of aliphatic carboxylic acids is 1. The molecule has 0 saturated carbocycles. The second-order valence-corrected chi connectivity index (χ2v) is 3.07. The van der Waals surface area contributed by atoms with Gasteiger partial charge in [-0.3, -0.25) is 9.69 Å². The van der Waals surface area contributed by atoms with Crippen LogP contribution in [0.4, 0.5) is 13.2 Å². The number of aliphatic hydroxyl groups excluding tert-OH is 1. The van der Waals surface area contributed by atoms with Crippen molar-refractivity contribution in [1.82, 2.24) is 4.90 Å². The zero-order chi connectivity index (χ0) is 12.1. The lowest BCUT2D eigenvalue weighted by Crippen LogP contribution is -2.46. The van der Waals surface area contributed by atoms with E-state index in [1.165, 1.54) is 6.92 Å². The largest absolute Gasteiger partial charge is 0.480 e. The van der Waals surface area contributed by atoms with Crippen LogP contribution < -0.4 is 0 Å². The van der Waals surface area contributed by atoms with Crippen LogP contribution in [0.1, 0.15) is 13.3 Å². The number of nitrogens with zero attached hydrogens (tertiary/aromatic N) is 1. The molecule has 0 aromatic carbocycles. The van der Waals surface area contributed by atoms with Gasteiger partial charge in [-0.2, -0.15) is 13.2 Å². The summed E-state index contributed by atoms with van der Waals surface area (Å²) in [5.41, 5.74) is 0. The molecule has 0 rings (SSSR count). The Labute approximate surface area is 85.3 Å². The van der Waals surface area contributed by atoms with Crippen LogP contribution in [0.3, 0.4) is 0 Å². The Balaban J connectivity index is 4.55. The number of carboxylic acids is 1. The van der Waals surface area contributed by atoms with Crippen molar-refractivity contribution in [3.63, 3.8) is 0 Å². The molecule has 15 heavy (non-hydrogen) atoms. The Morgan fingerprint density at radius 3 is 2.27 bits per heavy atom. The summed E-state index contributed by atoms with van der Waals surface area (Å²) in [5, 5.41) is 17.2. The molecule has 1 atom stereocenters. The average molecular weight is 229 g/mol. The van der Waals surface area contributed by atoms with Crippen LogP contribution in [-0.4, -0.2) is 53.0 Å². The summed E-state index contributed by atoms with van der Waals surface area (Å²) in [6.07, 6.45) is -4.40. The van der Waals surface area contributed by atoms with Crippen LogP contribution in [0.25, 0.3) is 0 Å². The number of halogens is 3. The first-order valence-electron chi connectivity index (χ1n) is 4.46. The van der Waals surface area contributed by atoms with E-state index in [4.69, 9.17) is 10.2 Å². The standard InChI is InChI=1S/C8H14F3NO3/c1-2-6(7(14)15)12(3-4-13)5-8(9,10)11/h6,13H,2-5H2,1H3,(H,14,15). The van der Waals surface area contributed by atoms with Gasteiger partial charge in [0.1, 0.15) is 6.04 Å². The predicted molar refractivity (Wildman–Crippen MR) is 46.4 cm³/mol. The number of rotatable bonds is 6. The van der Waals surface area contributed by atoms with Crippen molar-refractivity contribution in [3.05, 3.63) is 0 Å². The Morgan fingerprint density at radius 2 is 2.00 bits per heavy atom. The summed E-state index contributed by atoms with van der Waals surface area (Å²) >= 11 is 0. The van der Waals surface area contributed by atoms with E-state index in [9.17, 15) is 18.0 Å². The Hall–Kier alpha value is -0.820. The number of carboxylic acid groups (broad SMARTS) is 1. The van der Waals surface area contributed by atoms with Crippen molar-refractivity contribution in [1.29, 1.82) is 0 Å². The van der Waals surface area contributed by atoms with E-state index >= 15 is 0 Å². The highest BCUT2D eigenvalue weighted by molar-refractivity contribution is 5.73. The third-order valence-electron chi connectivity index (χ3n) is 1.88. The lowest BCUT2D eigenvalue weighted by atomic mass is 10.2. The molecule has 4 nitrogen and oxygen atoms in total. The van der Waals surface area contributed by atoms with Gasteiger partial charge in [0.05, 0.1) is 13.2 Å². The van der Waals surface area contributed by atoms with Crippen molar-refractivity contribution in [2.45, 2.75) is 25.6 Å². The molecule has 0 aliphatic heterocycles. The number of hydrogen-bond acceptors (Lipinski definition) is 3. The van der Waals surface area contributed by atoms with Gasteiger partial charge >= 0.3 is 12.1 Å². The second kappa shape index (κ2) is 5.92. The van der Waals surface area contributed by atoms with Gasteiger partial charge in [0.2, 0.25) is 0 Å². The average Bonchev–Trinajstić information content (AvgIpc) is 2.01. The van der Waals surface area contributed by atoms with Gasteiger partial charge in [-0.25, -0.2) is 0 Å². The van der Waals surface area contributed by atoms with Gasteiger partial charge in [-0.1, -0.05) is 6.92 Å². The third kappa shape index (κ3) is 5.58. The molecule has 0 radical (unpaired) electrons. The molecule has 7 heteroatoms. The van der Waals surface area contributed by atoms with Crippen molar-refractivity contribution < 1.29 is 28.2 Å².